The van der Waals surface area contributed by atoms with E-state index >= 15 is 0 Å². The molecule has 1 aliphatic rings. The zero-order valence-electron chi connectivity index (χ0n) is 16.6. The molecule has 32 heavy (non-hydrogen) atoms. The van der Waals surface area contributed by atoms with Crippen LogP contribution in [-0.2, 0) is 14.3 Å². The second kappa shape index (κ2) is 10.5. The first-order valence-electron chi connectivity index (χ1n) is 9.29. The van der Waals surface area contributed by atoms with E-state index in [4.69, 9.17) is 20.4 Å². The van der Waals surface area contributed by atoms with Crippen LogP contribution in [0.1, 0.15) is 38.3 Å². The van der Waals surface area contributed by atoms with Gasteiger partial charge in [0.15, 0.2) is 11.6 Å². The third-order valence-electron chi connectivity index (χ3n) is 4.26. The molecule has 0 saturated heterocycles. The zero-order chi connectivity index (χ0) is 23.9. The molecular weight excluding hydrogens is 433 g/mol. The molecule has 0 saturated carbocycles. The summed E-state index contributed by atoms with van der Waals surface area (Å²) in [4.78, 5) is 45.3. The smallest absolute Gasteiger partial charge is 0.475 e. The quantitative estimate of drug-likeness (QED) is 0.383. The molecule has 0 aromatic heterocycles. The van der Waals surface area contributed by atoms with Crippen LogP contribution in [-0.4, -0.2) is 54.5 Å². The summed E-state index contributed by atoms with van der Waals surface area (Å²) in [7, 11) is 0. The largest absolute Gasteiger partial charge is 0.490 e. The fourth-order valence-electron chi connectivity index (χ4n) is 2.83. The highest BCUT2D eigenvalue weighted by Crippen LogP contribution is 2.31. The monoisotopic (exact) mass is 452 g/mol. The Morgan fingerprint density at radius 1 is 0.969 bits per heavy atom. The lowest BCUT2D eigenvalue weighted by Crippen LogP contribution is -2.23. The Morgan fingerprint density at radius 2 is 1.53 bits per heavy atom. The second-order valence-corrected chi connectivity index (χ2v) is 6.44. The molecule has 4 N–H and O–H groups in total. The maximum atomic E-state index is 12.8. The number of ether oxygens (including phenoxy) is 1. The van der Waals surface area contributed by atoms with Gasteiger partial charge in [0.25, 0.3) is 0 Å². The zero-order valence-corrected chi connectivity index (χ0v) is 16.6. The molecule has 2 aromatic rings. The summed E-state index contributed by atoms with van der Waals surface area (Å²) >= 11 is 0. The van der Waals surface area contributed by atoms with Gasteiger partial charge < -0.3 is 20.9 Å². The lowest BCUT2D eigenvalue weighted by atomic mass is 9.83. The molecule has 11 heteroatoms. The maximum Gasteiger partial charge on any atom is 0.490 e. The van der Waals surface area contributed by atoms with Crippen molar-refractivity contribution in [1.82, 2.24) is 0 Å². The number of carboxylic acids is 1. The number of halogens is 3. The Labute approximate surface area is 180 Å². The highest BCUT2D eigenvalue weighted by molar-refractivity contribution is 6.30. The number of nitrogens with one attached hydrogen (secondary N) is 1. The van der Waals surface area contributed by atoms with Crippen LogP contribution < -0.4 is 11.1 Å². The first-order valence-corrected chi connectivity index (χ1v) is 9.29. The molecule has 170 valence electrons. The van der Waals surface area contributed by atoms with Crippen LogP contribution in [0.15, 0.2) is 42.5 Å². The topological polar surface area (TPSA) is 136 Å². The molecular formula is C21H19F3N2O6. The van der Waals surface area contributed by atoms with E-state index in [2.05, 4.69) is 5.32 Å². The van der Waals surface area contributed by atoms with Crippen LogP contribution in [0.4, 0.5) is 18.9 Å². The van der Waals surface area contributed by atoms with Crippen molar-refractivity contribution in [1.29, 1.82) is 0 Å². The second-order valence-electron chi connectivity index (χ2n) is 6.44. The lowest BCUT2D eigenvalue weighted by molar-refractivity contribution is -0.192. The van der Waals surface area contributed by atoms with Crippen molar-refractivity contribution in [2.45, 2.75) is 12.6 Å². The van der Waals surface area contributed by atoms with Gasteiger partial charge in [-0.05, 0) is 12.5 Å². The Hall–Kier alpha value is -3.73. The Balaban J connectivity index is 0.000000451. The van der Waals surface area contributed by atoms with Gasteiger partial charge in [-0.25, -0.2) is 4.79 Å². The van der Waals surface area contributed by atoms with Crippen LogP contribution in [0.2, 0.25) is 0 Å². The van der Waals surface area contributed by atoms with Crippen molar-refractivity contribution >= 4 is 29.2 Å². The van der Waals surface area contributed by atoms with Gasteiger partial charge in [-0.1, -0.05) is 36.4 Å². The fraction of sp³-hybridized carbons (Fsp3) is 0.238. The van der Waals surface area contributed by atoms with Gasteiger partial charge in [0, 0.05) is 28.9 Å². The number of nitrogens with two attached hydrogens (primary N) is 1. The number of carbonyl (C=O) groups excluding carboxylic acids is 3. The molecule has 0 aliphatic heterocycles. The maximum absolute atomic E-state index is 12.8. The number of hydrogen-bond donors (Lipinski definition) is 3. The molecule has 0 bridgehead atoms. The molecule has 2 aromatic carbocycles. The van der Waals surface area contributed by atoms with Crippen LogP contribution in [0.5, 0.6) is 0 Å². The Kier molecular flexibility index (Phi) is 8.08. The van der Waals surface area contributed by atoms with Crippen LogP contribution >= 0.6 is 0 Å². The molecule has 3 rings (SSSR count). The summed E-state index contributed by atoms with van der Waals surface area (Å²) in [6.45, 7) is 0.598. The molecule has 0 heterocycles. The summed E-state index contributed by atoms with van der Waals surface area (Å²) < 4.78 is 36.6. The number of esters is 1. The summed E-state index contributed by atoms with van der Waals surface area (Å²) in [5.74, 6) is -3.52. The fourth-order valence-corrected chi connectivity index (χ4v) is 2.83. The van der Waals surface area contributed by atoms with Crippen molar-refractivity contribution < 1.29 is 42.2 Å². The summed E-state index contributed by atoms with van der Waals surface area (Å²) in [6.07, 6.45) is -4.52. The van der Waals surface area contributed by atoms with Crippen molar-refractivity contribution in [3.8, 4) is 0 Å². The normalized spacial score (nSPS) is 12.1. The van der Waals surface area contributed by atoms with Crippen molar-refractivity contribution in [2.75, 3.05) is 25.0 Å². The summed E-state index contributed by atoms with van der Waals surface area (Å²) in [5, 5.41) is 10.3. The SMILES string of the molecule is NCC(=O)OCCCNc1cccc2c1C(=O)c1ccccc1C2=O.O=C(O)C(F)(F)F. The molecule has 8 nitrogen and oxygen atoms in total. The molecule has 0 spiro atoms. The van der Waals surface area contributed by atoms with E-state index in [-0.39, 0.29) is 24.7 Å². The lowest BCUT2D eigenvalue weighted by Gasteiger charge is -2.20. The van der Waals surface area contributed by atoms with E-state index in [9.17, 15) is 27.6 Å². The number of hydrogen-bond acceptors (Lipinski definition) is 7. The van der Waals surface area contributed by atoms with Crippen LogP contribution in [0, 0.1) is 0 Å². The standard InChI is InChI=1S/C19H18N2O4.C2HF3O2/c20-11-16(22)25-10-4-9-21-15-8-3-7-14-17(15)19(24)13-6-2-1-5-12(13)18(14)23;3-2(4,5)1(6)7/h1-3,5-8,21H,4,9-11,20H2;(H,6,7). The molecule has 1 aliphatic carbocycles. The predicted molar refractivity (Wildman–Crippen MR) is 107 cm³/mol. The van der Waals surface area contributed by atoms with E-state index in [0.717, 1.165) is 0 Å². The predicted octanol–water partition coefficient (Wildman–Crippen LogP) is 2.40. The number of fused-ring (bicyclic) bond motifs is 2. The molecule has 0 radical (unpaired) electrons. The number of carbonyl (C=O) groups is 4. The average Bonchev–Trinajstić information content (AvgIpc) is 2.76. The van der Waals surface area contributed by atoms with E-state index in [0.29, 0.717) is 40.9 Å². The van der Waals surface area contributed by atoms with Gasteiger partial charge in [0.05, 0.1) is 18.7 Å². The first-order chi connectivity index (χ1) is 15.1. The van der Waals surface area contributed by atoms with Crippen molar-refractivity contribution in [3.63, 3.8) is 0 Å². The van der Waals surface area contributed by atoms with Gasteiger partial charge in [0.1, 0.15) is 0 Å². The third-order valence-corrected chi connectivity index (χ3v) is 4.26. The average molecular weight is 452 g/mol. The third kappa shape index (κ3) is 5.91. The number of anilines is 1. The minimum atomic E-state index is -5.08. The van der Waals surface area contributed by atoms with Gasteiger partial charge in [-0.2, -0.15) is 13.2 Å². The van der Waals surface area contributed by atoms with E-state index in [1.165, 1.54) is 0 Å². The van der Waals surface area contributed by atoms with Gasteiger partial charge >= 0.3 is 18.1 Å². The van der Waals surface area contributed by atoms with E-state index < -0.39 is 18.1 Å². The Bertz CT molecular complexity index is 1040. The van der Waals surface area contributed by atoms with E-state index in [1.807, 2.05) is 0 Å². The van der Waals surface area contributed by atoms with Crippen LogP contribution in [0.3, 0.4) is 0 Å². The first kappa shape index (κ1) is 24.5. The Morgan fingerprint density at radius 3 is 2.09 bits per heavy atom. The van der Waals surface area contributed by atoms with E-state index in [1.54, 1.807) is 42.5 Å². The van der Waals surface area contributed by atoms with Gasteiger partial charge in [-0.3, -0.25) is 14.4 Å². The minimum Gasteiger partial charge on any atom is -0.475 e. The molecule has 0 unspecified atom stereocenters. The summed E-state index contributed by atoms with van der Waals surface area (Å²) in [5.41, 5.74) is 7.43. The van der Waals surface area contributed by atoms with Crippen LogP contribution in [0.25, 0.3) is 0 Å². The van der Waals surface area contributed by atoms with Gasteiger partial charge in [-0.15, -0.1) is 0 Å². The number of carboxylic acid groups (broad SMARTS) is 1. The number of ketones is 2. The highest BCUT2D eigenvalue weighted by Gasteiger charge is 2.38. The molecule has 0 amide bonds. The number of aliphatic carboxylic acids is 1. The number of benzene rings is 2. The van der Waals surface area contributed by atoms with Gasteiger partial charge in [0.2, 0.25) is 0 Å². The van der Waals surface area contributed by atoms with Crippen molar-refractivity contribution in [2.24, 2.45) is 5.73 Å². The molecule has 0 atom stereocenters. The number of rotatable bonds is 6. The summed E-state index contributed by atoms with van der Waals surface area (Å²) in [6, 6.07) is 12.0. The van der Waals surface area contributed by atoms with Crippen molar-refractivity contribution in [3.05, 3.63) is 64.7 Å². The number of alkyl halides is 3. The highest BCUT2D eigenvalue weighted by atomic mass is 19.4. The molecule has 0 fully saturated rings. The minimum absolute atomic E-state index is 0.143.